The van der Waals surface area contributed by atoms with Crippen molar-refractivity contribution in [3.63, 3.8) is 0 Å². The van der Waals surface area contributed by atoms with Crippen molar-refractivity contribution in [3.05, 3.63) is 0 Å². The van der Waals surface area contributed by atoms with E-state index in [0.29, 0.717) is 14.0 Å². The zero-order valence-corrected chi connectivity index (χ0v) is 14.2. The molecule has 2 nitrogen and oxygen atoms in total. The molecule has 2 atom stereocenters. The predicted octanol–water partition coefficient (Wildman–Crippen LogP) is 5.16. The zero-order valence-electron chi connectivity index (χ0n) is 10.5. The third-order valence-corrected chi connectivity index (χ3v) is 3.83. The molecular weight excluding hydrogens is 471 g/mol. The van der Waals surface area contributed by atoms with Crippen LogP contribution in [0.1, 0.15) is 13.3 Å². The molecule has 0 saturated carbocycles. The van der Waals surface area contributed by atoms with E-state index in [1.165, 1.54) is 0 Å². The smallest absolute Gasteiger partial charge is 0.372 e. The normalized spacial score (nSPS) is 20.0. The highest BCUT2D eigenvalue weighted by Crippen LogP contribution is 2.52. The molecule has 0 aliphatic heterocycles. The van der Waals surface area contributed by atoms with E-state index in [1.807, 2.05) is 0 Å². The Kier molecular flexibility index (Phi) is 6.93. The third kappa shape index (κ3) is 4.39. The Morgan fingerprint density at radius 1 is 1.00 bits per heavy atom. The average Bonchev–Trinajstić information content (AvgIpc) is 2.25. The molecule has 0 fully saturated rings. The lowest BCUT2D eigenvalue weighted by Crippen LogP contribution is -2.61. The van der Waals surface area contributed by atoms with Crippen LogP contribution in [-0.4, -0.2) is 39.9 Å². The molecule has 0 rings (SSSR count). The minimum atomic E-state index is -5.71. The molecule has 12 heteroatoms. The standard InChI is InChI=1S/C9H10Cl2F7IO2/c1-5(20-2,3-4-19)6(12,13)9(17,18)21-8(11,16)7(10,14)15/h3-4H2,1-2H3. The van der Waals surface area contributed by atoms with Crippen molar-refractivity contribution in [2.75, 3.05) is 11.5 Å². The van der Waals surface area contributed by atoms with Crippen LogP contribution in [0.25, 0.3) is 0 Å². The fraction of sp³-hybridized carbons (Fsp3) is 1.00. The first kappa shape index (κ1) is 21.7. The van der Waals surface area contributed by atoms with Crippen LogP contribution in [0, 0.1) is 0 Å². The van der Waals surface area contributed by atoms with Gasteiger partial charge in [0.05, 0.1) is 0 Å². The van der Waals surface area contributed by atoms with Crippen molar-refractivity contribution in [1.29, 1.82) is 0 Å². The second-order valence-corrected chi connectivity index (χ2v) is 6.12. The molecule has 0 heterocycles. The van der Waals surface area contributed by atoms with Crippen LogP contribution < -0.4 is 0 Å². The summed E-state index contributed by atoms with van der Waals surface area (Å²) in [4.78, 5) is 0. The topological polar surface area (TPSA) is 18.5 Å². The van der Waals surface area contributed by atoms with Crippen molar-refractivity contribution < 1.29 is 40.2 Å². The maximum Gasteiger partial charge on any atom is 0.426 e. The fourth-order valence-corrected chi connectivity index (χ4v) is 2.32. The molecule has 0 N–H and O–H groups in total. The molecule has 0 aliphatic rings. The van der Waals surface area contributed by atoms with E-state index < -0.39 is 34.7 Å². The van der Waals surface area contributed by atoms with Gasteiger partial charge < -0.3 is 4.74 Å². The van der Waals surface area contributed by atoms with Gasteiger partial charge in [-0.2, -0.15) is 30.7 Å². The van der Waals surface area contributed by atoms with Gasteiger partial charge in [-0.1, -0.05) is 22.6 Å². The van der Waals surface area contributed by atoms with Crippen LogP contribution in [0.2, 0.25) is 0 Å². The molecule has 0 radical (unpaired) electrons. The van der Waals surface area contributed by atoms with Gasteiger partial charge in [-0.15, -0.1) is 0 Å². The molecule has 0 aromatic heterocycles. The van der Waals surface area contributed by atoms with Gasteiger partial charge in [-0.3, -0.25) is 4.74 Å². The Bertz CT molecular complexity index is 364. The maximum atomic E-state index is 13.8. The van der Waals surface area contributed by atoms with Crippen LogP contribution in [0.3, 0.4) is 0 Å². The van der Waals surface area contributed by atoms with Crippen LogP contribution in [0.5, 0.6) is 0 Å². The number of alkyl halides is 10. The van der Waals surface area contributed by atoms with E-state index in [9.17, 15) is 30.7 Å². The second kappa shape index (κ2) is 6.70. The van der Waals surface area contributed by atoms with E-state index >= 15 is 0 Å². The Morgan fingerprint density at radius 2 is 1.43 bits per heavy atom. The summed E-state index contributed by atoms with van der Waals surface area (Å²) in [6, 6.07) is 0. The first-order valence-electron chi connectivity index (χ1n) is 5.09. The van der Waals surface area contributed by atoms with Gasteiger partial charge in [0.15, 0.2) is 0 Å². The summed E-state index contributed by atoms with van der Waals surface area (Å²) in [6.07, 6.45) is -6.31. The number of hydrogen-bond acceptors (Lipinski definition) is 2. The molecule has 128 valence electrons. The van der Waals surface area contributed by atoms with Gasteiger partial charge >= 0.3 is 22.7 Å². The largest absolute Gasteiger partial charge is 0.426 e. The highest BCUT2D eigenvalue weighted by Gasteiger charge is 2.73. The number of ether oxygens (including phenoxy) is 2. The number of methoxy groups -OCH3 is 1. The van der Waals surface area contributed by atoms with Gasteiger partial charge in [-0.25, -0.2) is 0 Å². The molecule has 0 bridgehead atoms. The summed E-state index contributed by atoms with van der Waals surface area (Å²) in [7, 11) is 0.704. The predicted molar refractivity (Wildman–Crippen MR) is 70.4 cm³/mol. The summed E-state index contributed by atoms with van der Waals surface area (Å²) in [5.74, 6) is -5.17. The quantitative estimate of drug-likeness (QED) is 0.271. The molecule has 0 aliphatic carbocycles. The van der Waals surface area contributed by atoms with Crippen LogP contribution in [-0.2, 0) is 9.47 Å². The molecular formula is C9H10Cl2F7IO2. The van der Waals surface area contributed by atoms with Crippen molar-refractivity contribution in [2.45, 2.75) is 41.7 Å². The first-order valence-corrected chi connectivity index (χ1v) is 7.37. The molecule has 0 spiro atoms. The monoisotopic (exact) mass is 480 g/mol. The van der Waals surface area contributed by atoms with Gasteiger partial charge in [0, 0.05) is 11.5 Å². The Balaban J connectivity index is 5.57. The van der Waals surface area contributed by atoms with E-state index in [-0.39, 0.29) is 4.43 Å². The summed E-state index contributed by atoms with van der Waals surface area (Å²) in [5, 5.41) is -10.2. The summed E-state index contributed by atoms with van der Waals surface area (Å²) in [5.41, 5.74) is -2.81. The second-order valence-electron chi connectivity index (χ2n) is 4.08. The molecule has 0 aromatic rings. The van der Waals surface area contributed by atoms with Crippen LogP contribution in [0.15, 0.2) is 0 Å². The molecule has 0 aromatic carbocycles. The number of rotatable bonds is 8. The lowest BCUT2D eigenvalue weighted by molar-refractivity contribution is -0.429. The van der Waals surface area contributed by atoms with Gasteiger partial charge in [-0.05, 0) is 36.5 Å². The Hall–Kier alpha value is 0.740. The lowest BCUT2D eigenvalue weighted by Gasteiger charge is -2.40. The van der Waals surface area contributed by atoms with E-state index in [2.05, 4.69) is 32.7 Å². The number of hydrogen-bond donors (Lipinski definition) is 0. The lowest BCUT2D eigenvalue weighted by atomic mass is 9.93. The van der Waals surface area contributed by atoms with E-state index in [0.717, 1.165) is 0 Å². The fourth-order valence-electron chi connectivity index (χ4n) is 1.16. The maximum absolute atomic E-state index is 13.8. The zero-order chi connectivity index (χ0) is 17.3. The Morgan fingerprint density at radius 3 is 1.71 bits per heavy atom. The average molecular weight is 481 g/mol. The van der Waals surface area contributed by atoms with E-state index in [1.54, 1.807) is 22.6 Å². The van der Waals surface area contributed by atoms with Crippen molar-refractivity contribution in [2.24, 2.45) is 0 Å². The van der Waals surface area contributed by atoms with Crippen molar-refractivity contribution >= 4 is 45.8 Å². The Labute approximate surface area is 139 Å². The minimum absolute atomic E-state index is 0.0406. The van der Waals surface area contributed by atoms with E-state index in [4.69, 9.17) is 0 Å². The molecule has 0 saturated heterocycles. The summed E-state index contributed by atoms with van der Waals surface area (Å²) < 4.78 is 99.7. The van der Waals surface area contributed by atoms with Gasteiger partial charge in [0.1, 0.15) is 5.60 Å². The first-order chi connectivity index (χ1) is 9.08. The third-order valence-electron chi connectivity index (χ3n) is 2.64. The highest BCUT2D eigenvalue weighted by atomic mass is 127. The summed E-state index contributed by atoms with van der Waals surface area (Å²) >= 11 is 10.1. The molecule has 21 heavy (non-hydrogen) atoms. The number of halogens is 10. The van der Waals surface area contributed by atoms with Crippen molar-refractivity contribution in [1.82, 2.24) is 0 Å². The van der Waals surface area contributed by atoms with Crippen LogP contribution >= 0.6 is 45.8 Å². The molecule has 0 amide bonds. The highest BCUT2D eigenvalue weighted by molar-refractivity contribution is 14.1. The SMILES string of the molecule is COC(C)(CCI)C(F)(F)C(F)(F)OC(F)(Cl)C(F)(F)Cl. The minimum Gasteiger partial charge on any atom is -0.372 e. The molecule has 2 unspecified atom stereocenters. The summed E-state index contributed by atoms with van der Waals surface area (Å²) in [6.45, 7) is 0.593. The van der Waals surface area contributed by atoms with Gasteiger partial charge in [0.25, 0.3) is 0 Å². The van der Waals surface area contributed by atoms with Crippen molar-refractivity contribution in [3.8, 4) is 0 Å². The van der Waals surface area contributed by atoms with Crippen LogP contribution in [0.4, 0.5) is 30.7 Å². The van der Waals surface area contributed by atoms with Gasteiger partial charge in [0.2, 0.25) is 0 Å².